The van der Waals surface area contributed by atoms with Crippen LogP contribution in [-0.2, 0) is 22.7 Å². The minimum Gasteiger partial charge on any atom is -0.790 e. The van der Waals surface area contributed by atoms with Crippen LogP contribution in [0.3, 0.4) is 0 Å². The van der Waals surface area contributed by atoms with Crippen LogP contribution in [-0.4, -0.2) is 54.7 Å². The average Bonchev–Trinajstić information content (AvgIpc) is 3.07. The summed E-state index contributed by atoms with van der Waals surface area (Å²) < 4.78 is 35.5. The number of phosphoric ester groups is 1. The van der Waals surface area contributed by atoms with Gasteiger partial charge in [-0.05, 0) is 0 Å². The first-order valence-electron chi connectivity index (χ1n) is 7.09. The molecule has 15 nitrogen and oxygen atoms in total. The number of nitrogens with one attached hydrogen (secondary N) is 1. The molecule has 3 heterocycles. The van der Waals surface area contributed by atoms with Crippen LogP contribution in [0.1, 0.15) is 6.23 Å². The van der Waals surface area contributed by atoms with Crippen molar-refractivity contribution in [1.82, 2.24) is 19.5 Å². The summed E-state index contributed by atoms with van der Waals surface area (Å²) in [5.41, 5.74) is -0.606. The number of nitrogens with zero attached hydrogens (tertiary/aromatic N) is 3. The Labute approximate surface area is 234 Å². The molecule has 0 radical (unpaired) electrons. The summed E-state index contributed by atoms with van der Waals surface area (Å²) in [6, 6.07) is 0. The first-order chi connectivity index (χ1) is 12.5. The van der Waals surface area contributed by atoms with Crippen LogP contribution in [0.15, 0.2) is 17.4 Å². The second kappa shape index (κ2) is 12.3. The molecule has 2 aromatic heterocycles. The summed E-state index contributed by atoms with van der Waals surface area (Å²) in [5, 5.41) is 20.1. The van der Waals surface area contributed by atoms with Gasteiger partial charge in [0.2, 0.25) is 0 Å². The Bertz CT molecular complexity index is 999. The smallest absolute Gasteiger partial charge is 0.790 e. The Hall–Kier alpha value is 1.49. The maximum Gasteiger partial charge on any atom is 1.00 e. The molecule has 0 saturated carbocycles. The van der Waals surface area contributed by atoms with Crippen LogP contribution < -0.4 is 109 Å². The molecule has 0 bridgehead atoms. The van der Waals surface area contributed by atoms with Crippen LogP contribution in [0.5, 0.6) is 0 Å². The molecule has 150 valence electrons. The van der Waals surface area contributed by atoms with E-state index in [-0.39, 0.29) is 99.8 Å². The summed E-state index contributed by atoms with van der Waals surface area (Å²) in [6.45, 7) is -0.962. The molecular weight excluding hydrogens is 483 g/mol. The molecule has 5 atom stereocenters. The Morgan fingerprint density at radius 1 is 1.17 bits per heavy atom. The second-order valence-corrected chi connectivity index (χ2v) is 8.07. The van der Waals surface area contributed by atoms with E-state index in [9.17, 15) is 38.8 Å². The number of rotatable bonds is 6. The van der Waals surface area contributed by atoms with E-state index in [0.717, 1.165) is 17.2 Å². The second-order valence-electron chi connectivity index (χ2n) is 5.37. The third-order valence-electron chi connectivity index (χ3n) is 3.57. The van der Waals surface area contributed by atoms with E-state index in [4.69, 9.17) is 4.74 Å². The third-order valence-corrected chi connectivity index (χ3v) is 5.64. The van der Waals surface area contributed by atoms with Crippen LogP contribution in [0.25, 0.3) is 11.2 Å². The van der Waals surface area contributed by atoms with Gasteiger partial charge in [0, 0.05) is 0 Å². The number of aromatic nitrogens is 4. The minimum atomic E-state index is -5.87. The van der Waals surface area contributed by atoms with Crippen molar-refractivity contribution in [3.05, 3.63) is 23.0 Å². The zero-order valence-electron chi connectivity index (χ0n) is 16.0. The van der Waals surface area contributed by atoms with E-state index in [1.165, 1.54) is 0 Å². The van der Waals surface area contributed by atoms with Gasteiger partial charge in [-0.25, -0.2) is 9.97 Å². The van der Waals surface area contributed by atoms with Crippen molar-refractivity contribution in [3.8, 4) is 0 Å². The molecule has 30 heavy (non-hydrogen) atoms. The molecule has 1 fully saturated rings. The maximum absolute atomic E-state index is 11.6. The third kappa shape index (κ3) is 7.50. The molecule has 1 unspecified atom stereocenters. The molecule has 0 aliphatic carbocycles. The molecule has 1 saturated heterocycles. The predicted molar refractivity (Wildman–Crippen MR) is 76.3 cm³/mol. The van der Waals surface area contributed by atoms with Gasteiger partial charge in [0.15, 0.2) is 17.4 Å². The van der Waals surface area contributed by atoms with E-state index in [1.54, 1.807) is 0 Å². The number of phosphoric acid groups is 2. The predicted octanol–water partition coefficient (Wildman–Crippen LogP) is -12.9. The summed E-state index contributed by atoms with van der Waals surface area (Å²) in [7, 11) is -11.4. The fourth-order valence-electron chi connectivity index (χ4n) is 2.46. The number of H-pyrrole nitrogens is 1. The van der Waals surface area contributed by atoms with Crippen LogP contribution >= 0.6 is 15.6 Å². The molecule has 1 aliphatic heterocycles. The number of aliphatic hydroxyl groups is 2. The quantitative estimate of drug-likeness (QED) is 0.250. The van der Waals surface area contributed by atoms with Gasteiger partial charge >= 0.3 is 88.7 Å². The van der Waals surface area contributed by atoms with E-state index in [2.05, 4.69) is 23.8 Å². The first kappa shape index (κ1) is 31.5. The number of imidazole rings is 1. The molecule has 1 aliphatic rings. The average molecular weight is 494 g/mol. The van der Waals surface area contributed by atoms with Crippen molar-refractivity contribution in [2.75, 3.05) is 6.61 Å². The SMILES string of the molecule is O=c1[nH]cnc2c1ncn2[C@@H]1O[C@H](COP(=O)([O-])OP(=O)([O-])[O-])[C@@H](O)[C@@H]1O.[Na+].[Na+].[Na+]. The number of hydrogen-bond acceptors (Lipinski definition) is 13. The van der Waals surface area contributed by atoms with Crippen molar-refractivity contribution in [3.63, 3.8) is 0 Å². The van der Waals surface area contributed by atoms with E-state index in [1.807, 2.05) is 0 Å². The monoisotopic (exact) mass is 494 g/mol. The van der Waals surface area contributed by atoms with Gasteiger partial charge in [-0.3, -0.25) is 18.2 Å². The van der Waals surface area contributed by atoms with E-state index < -0.39 is 52.4 Å². The molecule has 3 rings (SSSR count). The maximum atomic E-state index is 11.6. The summed E-state index contributed by atoms with van der Waals surface area (Å²) in [6.07, 6.45) is -3.84. The molecule has 0 spiro atoms. The van der Waals surface area contributed by atoms with Gasteiger partial charge in [0.25, 0.3) is 13.4 Å². The van der Waals surface area contributed by atoms with Gasteiger partial charge in [-0.15, -0.1) is 0 Å². The standard InChI is InChI=1S/C10H14N4O11P2.3Na/c15-6-4(1-23-27(21,22)25-26(18,19)20)24-10(7(6)16)14-3-13-5-8(14)11-2-12-9(5)17;;;/h2-4,6-7,10,15-16H,1H2,(H,21,22)(H,11,12,17)(H2,18,19,20);;;/q;3*+1/p-3/t4-,6-,7+,10-;;;/m1.../s1. The first-order valence-corrected chi connectivity index (χ1v) is 10.0. The van der Waals surface area contributed by atoms with Crippen molar-refractivity contribution in [1.29, 1.82) is 0 Å². The Kier molecular flexibility index (Phi) is 12.9. The van der Waals surface area contributed by atoms with Crippen LogP contribution in [0.2, 0.25) is 0 Å². The number of aromatic amines is 1. The number of hydrogen-bond donors (Lipinski definition) is 3. The van der Waals surface area contributed by atoms with Gasteiger partial charge < -0.3 is 43.7 Å². The minimum absolute atomic E-state index is 0. The van der Waals surface area contributed by atoms with E-state index in [0.29, 0.717) is 0 Å². The molecule has 0 aromatic carbocycles. The van der Waals surface area contributed by atoms with Gasteiger partial charge in [0.1, 0.15) is 18.3 Å². The molecule has 2 aromatic rings. The van der Waals surface area contributed by atoms with Gasteiger partial charge in [-0.1, -0.05) is 0 Å². The number of ether oxygens (including phenoxy) is 1. The fourth-order valence-corrected chi connectivity index (χ4v) is 3.95. The molecule has 20 heteroatoms. The Morgan fingerprint density at radius 2 is 1.80 bits per heavy atom. The Balaban J connectivity index is 0.00000280. The van der Waals surface area contributed by atoms with Crippen molar-refractivity contribution < 1.29 is 136 Å². The zero-order valence-corrected chi connectivity index (χ0v) is 23.8. The largest absolute Gasteiger partial charge is 1.00 e. The molecular formula is C10H11N4Na3O11P2. The van der Waals surface area contributed by atoms with Crippen molar-refractivity contribution >= 4 is 26.8 Å². The van der Waals surface area contributed by atoms with Crippen molar-refractivity contribution in [2.45, 2.75) is 24.5 Å². The normalized spacial score (nSPS) is 25.6. The van der Waals surface area contributed by atoms with Crippen molar-refractivity contribution in [2.24, 2.45) is 0 Å². The van der Waals surface area contributed by atoms with E-state index >= 15 is 0 Å². The Morgan fingerprint density at radius 3 is 2.40 bits per heavy atom. The summed E-state index contributed by atoms with van der Waals surface area (Å²) in [5.74, 6) is 0. The zero-order chi connectivity index (χ0) is 20.0. The summed E-state index contributed by atoms with van der Waals surface area (Å²) >= 11 is 0. The molecule has 0 amide bonds. The molecule has 3 N–H and O–H groups in total. The number of aliphatic hydroxyl groups excluding tert-OH is 2. The van der Waals surface area contributed by atoms with Gasteiger partial charge in [-0.2, -0.15) is 0 Å². The summed E-state index contributed by atoms with van der Waals surface area (Å²) in [4.78, 5) is 53.6. The van der Waals surface area contributed by atoms with Crippen LogP contribution in [0.4, 0.5) is 0 Å². The van der Waals surface area contributed by atoms with Crippen LogP contribution in [0, 0.1) is 0 Å². The van der Waals surface area contributed by atoms with Gasteiger partial charge in [0.05, 0.1) is 27.1 Å². The topological polar surface area (TPSA) is 235 Å². The number of fused-ring (bicyclic) bond motifs is 1. The fraction of sp³-hybridized carbons (Fsp3) is 0.500.